The number of allylic oxidation sites excluding steroid dienone is 4. The molecule has 35 heavy (non-hydrogen) atoms. The van der Waals surface area contributed by atoms with Crippen molar-refractivity contribution in [1.82, 2.24) is 10.3 Å². The Kier molecular flexibility index (Phi) is 7.37. The summed E-state index contributed by atoms with van der Waals surface area (Å²) in [5, 5.41) is 16.6. The number of hydrogen-bond acceptors (Lipinski definition) is 6. The third-order valence-electron chi connectivity index (χ3n) is 6.63. The Morgan fingerprint density at radius 2 is 2.17 bits per heavy atom. The van der Waals surface area contributed by atoms with E-state index in [1.807, 2.05) is 25.1 Å². The number of amides is 1. The molecule has 2 atom stereocenters. The van der Waals surface area contributed by atoms with Gasteiger partial charge >= 0.3 is 0 Å². The number of carbonyl (C=O) groups is 2. The summed E-state index contributed by atoms with van der Waals surface area (Å²) in [5.74, 6) is -0.796. The Morgan fingerprint density at radius 1 is 1.37 bits per heavy atom. The lowest BCUT2D eigenvalue weighted by atomic mass is 9.72. The van der Waals surface area contributed by atoms with E-state index in [-0.39, 0.29) is 5.78 Å². The first-order chi connectivity index (χ1) is 16.8. The lowest BCUT2D eigenvalue weighted by molar-refractivity contribution is -0.117. The summed E-state index contributed by atoms with van der Waals surface area (Å²) in [5.41, 5.74) is 11.0. The molecule has 1 aliphatic carbocycles. The molecular formula is C27H28BrN5O2. The molecular weight excluding hydrogens is 506 g/mol. The number of nitrogens with two attached hydrogens (primary N) is 1. The van der Waals surface area contributed by atoms with Crippen LogP contribution in [0.1, 0.15) is 66.9 Å². The zero-order valence-corrected chi connectivity index (χ0v) is 21.4. The van der Waals surface area contributed by atoms with E-state index in [2.05, 4.69) is 44.5 Å². The largest absolute Gasteiger partial charge is 0.379 e. The van der Waals surface area contributed by atoms with E-state index in [9.17, 15) is 14.9 Å². The second-order valence-electron chi connectivity index (χ2n) is 9.09. The molecule has 0 saturated carbocycles. The first kappa shape index (κ1) is 24.7. The Balaban J connectivity index is 1.78. The fourth-order valence-corrected chi connectivity index (χ4v) is 5.69. The Bertz CT molecular complexity index is 1280. The fraction of sp³-hybridized carbons (Fsp3) is 0.333. The number of aromatic nitrogens is 1. The number of dihydropyridines is 1. The SMILES string of the molecule is CCCC1CC(=O)C2=C(C1)NC(C)=C(C#N)C2c1cc(Br)c(NCc2cccnc2)c(C(N)=O)c1. The maximum absolute atomic E-state index is 13.3. The highest BCUT2D eigenvalue weighted by Gasteiger charge is 2.39. The number of nitrogens with one attached hydrogen (secondary N) is 2. The highest BCUT2D eigenvalue weighted by molar-refractivity contribution is 9.10. The number of rotatable bonds is 7. The normalized spacial score (nSPS) is 19.7. The van der Waals surface area contributed by atoms with E-state index < -0.39 is 11.8 Å². The van der Waals surface area contributed by atoms with E-state index in [0.717, 1.165) is 36.2 Å². The van der Waals surface area contributed by atoms with Crippen LogP contribution in [0.5, 0.6) is 0 Å². The van der Waals surface area contributed by atoms with Crippen LogP contribution in [0.3, 0.4) is 0 Å². The smallest absolute Gasteiger partial charge is 0.250 e. The molecule has 2 heterocycles. The topological polar surface area (TPSA) is 121 Å². The number of nitriles is 1. The summed E-state index contributed by atoms with van der Waals surface area (Å²) >= 11 is 3.60. The van der Waals surface area contributed by atoms with Gasteiger partial charge in [-0.1, -0.05) is 19.4 Å². The molecule has 1 aromatic carbocycles. The zero-order valence-electron chi connectivity index (χ0n) is 19.8. The van der Waals surface area contributed by atoms with Gasteiger partial charge in [0.05, 0.1) is 28.8 Å². The minimum Gasteiger partial charge on any atom is -0.379 e. The number of hydrogen-bond donors (Lipinski definition) is 3. The predicted octanol–water partition coefficient (Wildman–Crippen LogP) is 5.07. The van der Waals surface area contributed by atoms with Gasteiger partial charge in [0, 0.05) is 46.8 Å². The second kappa shape index (κ2) is 10.4. The molecule has 2 aliphatic rings. The van der Waals surface area contributed by atoms with Crippen LogP contribution in [-0.4, -0.2) is 16.7 Å². The quantitative estimate of drug-likeness (QED) is 0.456. The van der Waals surface area contributed by atoms with Gasteiger partial charge in [0.1, 0.15) is 0 Å². The van der Waals surface area contributed by atoms with E-state index in [4.69, 9.17) is 5.73 Å². The number of Topliss-reactive ketones (excluding diaryl/α,β-unsaturated/α-hetero) is 1. The highest BCUT2D eigenvalue weighted by Crippen LogP contribution is 2.45. The number of primary amides is 1. The lowest BCUT2D eigenvalue weighted by Gasteiger charge is -2.35. The van der Waals surface area contributed by atoms with Crippen molar-refractivity contribution in [3.05, 3.63) is 80.4 Å². The first-order valence-corrected chi connectivity index (χ1v) is 12.5. The third-order valence-corrected chi connectivity index (χ3v) is 7.26. The minimum atomic E-state index is -0.596. The Labute approximate surface area is 213 Å². The lowest BCUT2D eigenvalue weighted by Crippen LogP contribution is -2.34. The average Bonchev–Trinajstić information content (AvgIpc) is 2.82. The number of ketones is 1. The molecule has 1 aromatic heterocycles. The van der Waals surface area contributed by atoms with Crippen LogP contribution in [0.4, 0.5) is 5.69 Å². The van der Waals surface area contributed by atoms with Gasteiger partial charge in [0.25, 0.3) is 5.91 Å². The summed E-state index contributed by atoms with van der Waals surface area (Å²) in [7, 11) is 0. The van der Waals surface area contributed by atoms with Crippen molar-refractivity contribution >= 4 is 33.3 Å². The molecule has 2 unspecified atom stereocenters. The van der Waals surface area contributed by atoms with E-state index in [1.165, 1.54) is 0 Å². The van der Waals surface area contributed by atoms with Gasteiger partial charge in [-0.05, 0) is 70.9 Å². The minimum absolute atomic E-state index is 0.0537. The van der Waals surface area contributed by atoms with E-state index in [0.29, 0.717) is 51.3 Å². The monoisotopic (exact) mass is 533 g/mol. The van der Waals surface area contributed by atoms with Crippen molar-refractivity contribution in [3.63, 3.8) is 0 Å². The molecule has 7 nitrogen and oxygen atoms in total. The second-order valence-corrected chi connectivity index (χ2v) is 9.95. The molecule has 0 saturated heterocycles. The number of anilines is 1. The zero-order chi connectivity index (χ0) is 25.1. The van der Waals surface area contributed by atoms with Gasteiger partial charge in [0.2, 0.25) is 0 Å². The number of nitrogens with zero attached hydrogens (tertiary/aromatic N) is 2. The molecule has 2 aromatic rings. The third kappa shape index (κ3) is 5.01. The van der Waals surface area contributed by atoms with E-state index in [1.54, 1.807) is 18.5 Å². The maximum Gasteiger partial charge on any atom is 0.250 e. The fourth-order valence-electron chi connectivity index (χ4n) is 5.07. The van der Waals surface area contributed by atoms with Crippen LogP contribution in [-0.2, 0) is 11.3 Å². The summed E-state index contributed by atoms with van der Waals surface area (Å²) in [6.45, 7) is 4.43. The van der Waals surface area contributed by atoms with Crippen LogP contribution >= 0.6 is 15.9 Å². The predicted molar refractivity (Wildman–Crippen MR) is 138 cm³/mol. The molecule has 0 spiro atoms. The van der Waals surface area contributed by atoms with Crippen LogP contribution < -0.4 is 16.4 Å². The average molecular weight is 534 g/mol. The molecule has 1 amide bonds. The van der Waals surface area contributed by atoms with Crippen molar-refractivity contribution in [2.45, 2.75) is 52.0 Å². The highest BCUT2D eigenvalue weighted by atomic mass is 79.9. The number of carbonyl (C=O) groups excluding carboxylic acids is 2. The molecule has 0 fully saturated rings. The summed E-state index contributed by atoms with van der Waals surface area (Å²) in [6.07, 6.45) is 6.69. The molecule has 180 valence electrons. The van der Waals surface area contributed by atoms with Gasteiger partial charge in [-0.25, -0.2) is 0 Å². The summed E-state index contributed by atoms with van der Waals surface area (Å²) < 4.78 is 0.635. The van der Waals surface area contributed by atoms with Crippen LogP contribution in [0.2, 0.25) is 0 Å². The van der Waals surface area contributed by atoms with Crippen LogP contribution in [0.15, 0.2) is 63.7 Å². The van der Waals surface area contributed by atoms with Crippen LogP contribution in [0.25, 0.3) is 0 Å². The van der Waals surface area contributed by atoms with Gasteiger partial charge in [-0.2, -0.15) is 5.26 Å². The van der Waals surface area contributed by atoms with Crippen molar-refractivity contribution in [1.29, 1.82) is 5.26 Å². The molecule has 0 radical (unpaired) electrons. The summed E-state index contributed by atoms with van der Waals surface area (Å²) in [6, 6.07) is 9.65. The van der Waals surface area contributed by atoms with Crippen molar-refractivity contribution < 1.29 is 9.59 Å². The maximum atomic E-state index is 13.3. The van der Waals surface area contributed by atoms with Gasteiger partial charge < -0.3 is 16.4 Å². The number of benzene rings is 1. The molecule has 0 bridgehead atoms. The Hall–Kier alpha value is -3.44. The van der Waals surface area contributed by atoms with Crippen molar-refractivity contribution in [3.8, 4) is 6.07 Å². The van der Waals surface area contributed by atoms with Crippen molar-refractivity contribution in [2.75, 3.05) is 5.32 Å². The molecule has 1 aliphatic heterocycles. The Morgan fingerprint density at radius 3 is 2.83 bits per heavy atom. The number of pyridine rings is 1. The van der Waals surface area contributed by atoms with Crippen LogP contribution in [0, 0.1) is 17.2 Å². The standard InChI is InChI=1S/C27H28BrN5O2/c1-3-5-16-8-22-25(23(34)9-16)24(20(12-29)15(2)33-22)18-10-19(27(30)35)26(21(28)11-18)32-14-17-6-4-7-31-13-17/h4,6-7,10-11,13,16,24,32-33H,3,5,8-9,14H2,1-2H3,(H2,30,35). The summed E-state index contributed by atoms with van der Waals surface area (Å²) in [4.78, 5) is 29.9. The first-order valence-electron chi connectivity index (χ1n) is 11.7. The molecule has 4 rings (SSSR count). The van der Waals surface area contributed by atoms with Gasteiger partial charge in [0.15, 0.2) is 5.78 Å². The molecule has 8 heteroatoms. The van der Waals surface area contributed by atoms with Gasteiger partial charge in [-0.3, -0.25) is 14.6 Å². The van der Waals surface area contributed by atoms with E-state index >= 15 is 0 Å². The van der Waals surface area contributed by atoms with Crippen molar-refractivity contribution in [2.24, 2.45) is 11.7 Å². The number of halogens is 1. The molecule has 4 N–H and O–H groups in total. The van der Waals surface area contributed by atoms with Gasteiger partial charge in [-0.15, -0.1) is 0 Å².